The number of nitrogens with zero attached hydrogens (tertiary/aromatic N) is 4. The monoisotopic (exact) mass is 237 g/mol. The molecule has 0 atom stereocenters. The van der Waals surface area contributed by atoms with Crippen LogP contribution in [0.25, 0.3) is 0 Å². The summed E-state index contributed by atoms with van der Waals surface area (Å²) in [5, 5.41) is 11.4. The molecule has 2 rings (SSSR count). The van der Waals surface area contributed by atoms with Crippen molar-refractivity contribution in [3.63, 3.8) is 0 Å². The third-order valence-electron chi connectivity index (χ3n) is 3.30. The van der Waals surface area contributed by atoms with Gasteiger partial charge >= 0.3 is 0 Å². The van der Waals surface area contributed by atoms with Crippen molar-refractivity contribution < 1.29 is 0 Å². The molecule has 0 unspecified atom stereocenters. The van der Waals surface area contributed by atoms with Crippen LogP contribution in [0.2, 0.25) is 0 Å². The van der Waals surface area contributed by atoms with Crippen molar-refractivity contribution in [2.24, 2.45) is 0 Å². The second-order valence-corrected chi connectivity index (χ2v) is 4.63. The van der Waals surface area contributed by atoms with E-state index in [0.717, 1.165) is 38.5 Å². The van der Waals surface area contributed by atoms with Crippen LogP contribution in [-0.2, 0) is 13.1 Å². The predicted octanol–water partition coefficient (Wildman–Crippen LogP) is 0.873. The molecule has 0 bridgehead atoms. The quantitative estimate of drug-likeness (QED) is 0.715. The average Bonchev–Trinajstić information content (AvgIpc) is 2.81. The first-order valence-electron chi connectivity index (χ1n) is 6.70. The largest absolute Gasteiger partial charge is 0.317 e. The van der Waals surface area contributed by atoms with Crippen LogP contribution in [0.5, 0.6) is 0 Å². The Labute approximate surface area is 103 Å². The lowest BCUT2D eigenvalue weighted by atomic mass is 10.2. The van der Waals surface area contributed by atoms with Gasteiger partial charge in [0.2, 0.25) is 0 Å². The molecule has 0 aliphatic carbocycles. The molecule has 1 N–H and O–H groups in total. The topological polar surface area (TPSA) is 46.0 Å². The zero-order valence-corrected chi connectivity index (χ0v) is 10.7. The van der Waals surface area contributed by atoms with E-state index in [4.69, 9.17) is 0 Å². The van der Waals surface area contributed by atoms with Gasteiger partial charge in [-0.25, -0.2) is 0 Å². The van der Waals surface area contributed by atoms with E-state index >= 15 is 0 Å². The summed E-state index contributed by atoms with van der Waals surface area (Å²) in [7, 11) is 0. The van der Waals surface area contributed by atoms with Crippen LogP contribution in [0, 0.1) is 0 Å². The molecule has 5 heteroatoms. The Bertz CT molecular complexity index is 322. The number of rotatable bonds is 7. The van der Waals surface area contributed by atoms with Crippen molar-refractivity contribution in [3.8, 4) is 0 Å². The molecule has 17 heavy (non-hydrogen) atoms. The normalized spacial score (nSPS) is 16.1. The van der Waals surface area contributed by atoms with Gasteiger partial charge < -0.3 is 9.88 Å². The minimum atomic E-state index is 0.965. The second kappa shape index (κ2) is 6.71. The summed E-state index contributed by atoms with van der Waals surface area (Å²) in [6.45, 7) is 8.74. The molecule has 0 aromatic carbocycles. The highest BCUT2D eigenvalue weighted by Crippen LogP contribution is 2.10. The van der Waals surface area contributed by atoms with Crippen molar-refractivity contribution in [3.05, 3.63) is 12.2 Å². The first-order valence-corrected chi connectivity index (χ1v) is 6.70. The first kappa shape index (κ1) is 12.5. The van der Waals surface area contributed by atoms with Gasteiger partial charge in [0.15, 0.2) is 0 Å². The second-order valence-electron chi connectivity index (χ2n) is 4.63. The molecule has 0 amide bonds. The minimum absolute atomic E-state index is 0.965. The van der Waals surface area contributed by atoms with Crippen LogP contribution < -0.4 is 5.32 Å². The molecular formula is C12H23N5. The average molecular weight is 237 g/mol. The summed E-state index contributed by atoms with van der Waals surface area (Å²) < 4.78 is 2.15. The number of hydrogen-bond donors (Lipinski definition) is 1. The van der Waals surface area contributed by atoms with E-state index in [1.165, 1.54) is 25.8 Å². The zero-order chi connectivity index (χ0) is 11.9. The van der Waals surface area contributed by atoms with E-state index < -0.39 is 0 Å². The highest BCUT2D eigenvalue weighted by atomic mass is 15.3. The van der Waals surface area contributed by atoms with Crippen molar-refractivity contribution in [2.45, 2.75) is 39.3 Å². The van der Waals surface area contributed by atoms with Crippen LogP contribution in [-0.4, -0.2) is 45.8 Å². The lowest BCUT2D eigenvalue weighted by molar-refractivity contribution is 0.212. The molecule has 0 radical (unpaired) electrons. The number of fused-ring (bicyclic) bond motifs is 1. The fraction of sp³-hybridized carbons (Fsp3) is 0.833. The van der Waals surface area contributed by atoms with Crippen LogP contribution in [0.3, 0.4) is 0 Å². The Balaban J connectivity index is 1.59. The Kier molecular flexibility index (Phi) is 4.94. The fourth-order valence-electron chi connectivity index (χ4n) is 2.25. The fourth-order valence-corrected chi connectivity index (χ4v) is 2.25. The maximum absolute atomic E-state index is 4.14. The van der Waals surface area contributed by atoms with Gasteiger partial charge in [-0.1, -0.05) is 13.3 Å². The van der Waals surface area contributed by atoms with Crippen LogP contribution in [0.4, 0.5) is 0 Å². The molecule has 1 aromatic rings. The van der Waals surface area contributed by atoms with E-state index in [0.29, 0.717) is 0 Å². The SMILES string of the molecule is CCNCCCCCN1CCn2cnnc2C1. The Morgan fingerprint density at radius 2 is 2.24 bits per heavy atom. The standard InChI is InChI=1S/C12H23N5/c1-2-13-6-4-3-5-7-16-8-9-17-11-14-15-12(17)10-16/h11,13H,2-10H2,1H3. The highest BCUT2D eigenvalue weighted by molar-refractivity contribution is 4.89. The molecule has 1 aliphatic heterocycles. The molecule has 1 aromatic heterocycles. The van der Waals surface area contributed by atoms with Gasteiger partial charge in [-0.3, -0.25) is 4.90 Å². The third kappa shape index (κ3) is 3.78. The smallest absolute Gasteiger partial charge is 0.147 e. The summed E-state index contributed by atoms with van der Waals surface area (Å²) >= 11 is 0. The number of nitrogens with one attached hydrogen (secondary N) is 1. The van der Waals surface area contributed by atoms with E-state index in [1.54, 1.807) is 0 Å². The van der Waals surface area contributed by atoms with Crippen LogP contribution in [0.1, 0.15) is 32.0 Å². The molecule has 2 heterocycles. The third-order valence-corrected chi connectivity index (χ3v) is 3.30. The van der Waals surface area contributed by atoms with E-state index in [-0.39, 0.29) is 0 Å². The lowest BCUT2D eigenvalue weighted by Gasteiger charge is -2.26. The lowest BCUT2D eigenvalue weighted by Crippen LogP contribution is -2.34. The van der Waals surface area contributed by atoms with Gasteiger partial charge in [-0.15, -0.1) is 10.2 Å². The van der Waals surface area contributed by atoms with Gasteiger partial charge in [0, 0.05) is 13.1 Å². The van der Waals surface area contributed by atoms with E-state index in [9.17, 15) is 0 Å². The number of unbranched alkanes of at least 4 members (excludes halogenated alkanes) is 2. The van der Waals surface area contributed by atoms with E-state index in [2.05, 4.69) is 31.9 Å². The van der Waals surface area contributed by atoms with Crippen molar-refractivity contribution in [1.82, 2.24) is 25.0 Å². The van der Waals surface area contributed by atoms with Crippen molar-refractivity contribution >= 4 is 0 Å². The predicted molar refractivity (Wildman–Crippen MR) is 67.7 cm³/mol. The molecule has 96 valence electrons. The van der Waals surface area contributed by atoms with Crippen molar-refractivity contribution in [1.29, 1.82) is 0 Å². The molecule has 0 spiro atoms. The van der Waals surface area contributed by atoms with Gasteiger partial charge in [-0.2, -0.15) is 0 Å². The van der Waals surface area contributed by atoms with Gasteiger partial charge in [-0.05, 0) is 32.5 Å². The zero-order valence-electron chi connectivity index (χ0n) is 10.7. The maximum atomic E-state index is 4.14. The Morgan fingerprint density at radius 1 is 1.29 bits per heavy atom. The maximum Gasteiger partial charge on any atom is 0.147 e. The number of hydrogen-bond acceptors (Lipinski definition) is 4. The molecule has 0 saturated carbocycles. The molecular weight excluding hydrogens is 214 g/mol. The Morgan fingerprint density at radius 3 is 3.12 bits per heavy atom. The number of aromatic nitrogens is 3. The summed E-state index contributed by atoms with van der Waals surface area (Å²) in [5.74, 6) is 1.11. The highest BCUT2D eigenvalue weighted by Gasteiger charge is 2.16. The van der Waals surface area contributed by atoms with Gasteiger partial charge in [0.1, 0.15) is 12.2 Å². The van der Waals surface area contributed by atoms with Crippen LogP contribution in [0.15, 0.2) is 6.33 Å². The van der Waals surface area contributed by atoms with Gasteiger partial charge in [0.05, 0.1) is 6.54 Å². The van der Waals surface area contributed by atoms with Crippen LogP contribution >= 0.6 is 0 Å². The Hall–Kier alpha value is -0.940. The molecule has 5 nitrogen and oxygen atoms in total. The molecule has 1 aliphatic rings. The van der Waals surface area contributed by atoms with Gasteiger partial charge in [0.25, 0.3) is 0 Å². The summed E-state index contributed by atoms with van der Waals surface area (Å²) in [4.78, 5) is 2.48. The first-order chi connectivity index (χ1) is 8.40. The van der Waals surface area contributed by atoms with E-state index in [1.807, 2.05) is 6.33 Å². The minimum Gasteiger partial charge on any atom is -0.317 e. The summed E-state index contributed by atoms with van der Waals surface area (Å²) in [5.41, 5.74) is 0. The molecule has 0 saturated heterocycles. The van der Waals surface area contributed by atoms with Crippen molar-refractivity contribution in [2.75, 3.05) is 26.2 Å². The summed E-state index contributed by atoms with van der Waals surface area (Å²) in [6, 6.07) is 0. The molecule has 0 fully saturated rings. The summed E-state index contributed by atoms with van der Waals surface area (Å²) in [6.07, 6.45) is 5.73.